The van der Waals surface area contributed by atoms with Crippen LogP contribution < -0.4 is 0 Å². The van der Waals surface area contributed by atoms with Gasteiger partial charge in [0.25, 0.3) is 0 Å². The minimum absolute atomic E-state index is 0.0473. The molecule has 3 rings (SSSR count). The van der Waals surface area contributed by atoms with Gasteiger partial charge in [-0.05, 0) is 26.3 Å². The molecule has 2 aromatic rings. The van der Waals surface area contributed by atoms with Gasteiger partial charge in [-0.3, -0.25) is 4.79 Å². The van der Waals surface area contributed by atoms with Crippen LogP contribution in [0.1, 0.15) is 19.0 Å². The molecule has 1 amide bonds. The van der Waals surface area contributed by atoms with Crippen molar-refractivity contribution in [2.45, 2.75) is 36.7 Å². The molecule has 2 atom stereocenters. The van der Waals surface area contributed by atoms with Crippen LogP contribution in [0.15, 0.2) is 41.6 Å². The Labute approximate surface area is 164 Å². The maximum atomic E-state index is 12.7. The summed E-state index contributed by atoms with van der Waals surface area (Å²) < 4.78 is 23.4. The van der Waals surface area contributed by atoms with Crippen molar-refractivity contribution in [3.05, 3.63) is 42.1 Å². The highest BCUT2D eigenvalue weighted by Crippen LogP contribution is 2.26. The first kappa shape index (κ1) is 19.8. The number of carbonyl (C=O) groups excluding carboxylic acids is 1. The predicted octanol–water partition coefficient (Wildman–Crippen LogP) is 2.58. The number of nitrogens with zero attached hydrogens (tertiary/aromatic N) is 3. The molecule has 144 valence electrons. The Morgan fingerprint density at radius 3 is 2.59 bits per heavy atom. The number of thioether (sulfide) groups is 1. The van der Waals surface area contributed by atoms with E-state index < -0.39 is 15.1 Å². The van der Waals surface area contributed by atoms with Crippen molar-refractivity contribution in [3.8, 4) is 11.3 Å². The Balaban J connectivity index is 1.73. The van der Waals surface area contributed by atoms with Crippen molar-refractivity contribution in [1.29, 1.82) is 0 Å². The van der Waals surface area contributed by atoms with Crippen LogP contribution in [0.5, 0.6) is 0 Å². The van der Waals surface area contributed by atoms with Gasteiger partial charge in [0.15, 0.2) is 15.0 Å². The van der Waals surface area contributed by atoms with E-state index in [4.69, 9.17) is 0 Å². The van der Waals surface area contributed by atoms with Gasteiger partial charge in [0.2, 0.25) is 5.91 Å². The molecule has 0 unspecified atom stereocenters. The van der Waals surface area contributed by atoms with Gasteiger partial charge in [-0.25, -0.2) is 18.4 Å². The molecule has 8 heteroatoms. The van der Waals surface area contributed by atoms with Gasteiger partial charge in [-0.15, -0.1) is 0 Å². The molecule has 1 fully saturated rings. The molecule has 6 nitrogen and oxygen atoms in total. The third-order valence-electron chi connectivity index (χ3n) is 4.64. The third-order valence-corrected chi connectivity index (χ3v) is 7.34. The SMILES string of the molecule is Cc1cc(-c2ccccc2)nc(S[C@@H](C)C(=O)N(C)[C@@H]2CCS(=O)(=O)C2)n1. The number of aryl methyl sites for hydroxylation is 1. The summed E-state index contributed by atoms with van der Waals surface area (Å²) in [5.41, 5.74) is 2.65. The van der Waals surface area contributed by atoms with Crippen LogP contribution in [-0.4, -0.2) is 59.0 Å². The highest BCUT2D eigenvalue weighted by atomic mass is 32.2. The van der Waals surface area contributed by atoms with Crippen LogP contribution >= 0.6 is 11.8 Å². The predicted molar refractivity (Wildman–Crippen MR) is 107 cm³/mol. The first-order valence-corrected chi connectivity index (χ1v) is 11.5. The Hall–Kier alpha value is -1.93. The van der Waals surface area contributed by atoms with Crippen molar-refractivity contribution in [2.75, 3.05) is 18.6 Å². The maximum Gasteiger partial charge on any atom is 0.235 e. The molecule has 1 aliphatic heterocycles. The summed E-state index contributed by atoms with van der Waals surface area (Å²) in [5.74, 6) is 0.0951. The zero-order chi connectivity index (χ0) is 19.6. The number of benzene rings is 1. The number of amides is 1. The molecular weight excluding hydrogens is 382 g/mol. The van der Waals surface area contributed by atoms with Gasteiger partial charge in [0.1, 0.15) is 0 Å². The summed E-state index contributed by atoms with van der Waals surface area (Å²) >= 11 is 1.30. The van der Waals surface area contributed by atoms with E-state index in [1.165, 1.54) is 11.8 Å². The Bertz CT molecular complexity index is 932. The zero-order valence-corrected chi connectivity index (χ0v) is 17.3. The quantitative estimate of drug-likeness (QED) is 0.562. The van der Waals surface area contributed by atoms with E-state index in [0.717, 1.165) is 17.0 Å². The fourth-order valence-electron chi connectivity index (χ4n) is 3.11. The van der Waals surface area contributed by atoms with Gasteiger partial charge in [-0.2, -0.15) is 0 Å². The van der Waals surface area contributed by atoms with Gasteiger partial charge >= 0.3 is 0 Å². The smallest absolute Gasteiger partial charge is 0.235 e. The summed E-state index contributed by atoms with van der Waals surface area (Å²) in [5, 5.41) is 0.144. The molecule has 27 heavy (non-hydrogen) atoms. The number of aromatic nitrogens is 2. The van der Waals surface area contributed by atoms with E-state index in [1.54, 1.807) is 18.9 Å². The van der Waals surface area contributed by atoms with Crippen molar-refractivity contribution in [1.82, 2.24) is 14.9 Å². The second-order valence-corrected chi connectivity index (χ2v) is 10.3. The first-order chi connectivity index (χ1) is 12.7. The number of hydrogen-bond acceptors (Lipinski definition) is 6. The second kappa shape index (κ2) is 7.98. The van der Waals surface area contributed by atoms with Crippen LogP contribution in [0.3, 0.4) is 0 Å². The molecule has 1 aromatic heterocycles. The molecule has 0 spiro atoms. The van der Waals surface area contributed by atoms with Crippen LogP contribution in [0, 0.1) is 6.92 Å². The summed E-state index contributed by atoms with van der Waals surface area (Å²) in [6.07, 6.45) is 0.501. The highest BCUT2D eigenvalue weighted by Gasteiger charge is 2.34. The molecule has 0 aliphatic carbocycles. The minimum Gasteiger partial charge on any atom is -0.341 e. The molecule has 0 radical (unpaired) electrons. The van der Waals surface area contributed by atoms with E-state index in [-0.39, 0.29) is 23.5 Å². The fraction of sp³-hybridized carbons (Fsp3) is 0.421. The van der Waals surface area contributed by atoms with Crippen molar-refractivity contribution in [2.24, 2.45) is 0 Å². The van der Waals surface area contributed by atoms with Crippen LogP contribution in [-0.2, 0) is 14.6 Å². The minimum atomic E-state index is -3.03. The topological polar surface area (TPSA) is 80.2 Å². The monoisotopic (exact) mass is 405 g/mol. The van der Waals surface area contributed by atoms with Crippen LogP contribution in [0.2, 0.25) is 0 Å². The zero-order valence-electron chi connectivity index (χ0n) is 15.6. The lowest BCUT2D eigenvalue weighted by Crippen LogP contribution is -2.41. The van der Waals surface area contributed by atoms with E-state index in [0.29, 0.717) is 11.6 Å². The van der Waals surface area contributed by atoms with E-state index in [9.17, 15) is 13.2 Å². The maximum absolute atomic E-state index is 12.7. The summed E-state index contributed by atoms with van der Waals surface area (Å²) in [4.78, 5) is 23.3. The van der Waals surface area contributed by atoms with E-state index in [2.05, 4.69) is 9.97 Å². The van der Waals surface area contributed by atoms with Gasteiger partial charge < -0.3 is 4.90 Å². The molecule has 0 N–H and O–H groups in total. The normalized spacial score (nSPS) is 19.6. The van der Waals surface area contributed by atoms with Crippen molar-refractivity contribution >= 4 is 27.5 Å². The largest absolute Gasteiger partial charge is 0.341 e. The summed E-state index contributed by atoms with van der Waals surface area (Å²) in [6.45, 7) is 3.71. The molecule has 1 saturated heterocycles. The first-order valence-electron chi connectivity index (χ1n) is 8.80. The van der Waals surface area contributed by atoms with E-state index >= 15 is 0 Å². The van der Waals surface area contributed by atoms with Crippen molar-refractivity contribution in [3.63, 3.8) is 0 Å². The summed E-state index contributed by atoms with van der Waals surface area (Å²) in [6, 6.07) is 11.5. The number of carbonyl (C=O) groups is 1. The lowest BCUT2D eigenvalue weighted by molar-refractivity contribution is -0.130. The summed E-state index contributed by atoms with van der Waals surface area (Å²) in [7, 11) is -1.35. The lowest BCUT2D eigenvalue weighted by Gasteiger charge is -2.26. The molecule has 2 heterocycles. The molecule has 0 bridgehead atoms. The number of hydrogen-bond donors (Lipinski definition) is 0. The molecule has 1 aromatic carbocycles. The molecule has 0 saturated carbocycles. The van der Waals surface area contributed by atoms with Gasteiger partial charge in [0, 0.05) is 24.3 Å². The number of rotatable bonds is 5. The van der Waals surface area contributed by atoms with Crippen LogP contribution in [0.4, 0.5) is 0 Å². The fourth-order valence-corrected chi connectivity index (χ4v) is 5.81. The lowest BCUT2D eigenvalue weighted by atomic mass is 10.1. The van der Waals surface area contributed by atoms with Gasteiger partial charge in [0.05, 0.1) is 22.4 Å². The highest BCUT2D eigenvalue weighted by molar-refractivity contribution is 8.00. The van der Waals surface area contributed by atoms with Crippen molar-refractivity contribution < 1.29 is 13.2 Å². The Morgan fingerprint density at radius 1 is 1.26 bits per heavy atom. The second-order valence-electron chi connectivity index (χ2n) is 6.81. The van der Waals surface area contributed by atoms with E-state index in [1.807, 2.05) is 43.3 Å². The third kappa shape index (κ3) is 4.87. The average molecular weight is 406 g/mol. The number of sulfone groups is 1. The standard InChI is InChI=1S/C19H23N3O3S2/c1-13-11-17(15-7-5-4-6-8-15)21-19(20-13)26-14(2)18(23)22(3)16-9-10-27(24,25)12-16/h4-8,11,14,16H,9-10,12H2,1-3H3/t14-,16+/m0/s1. The van der Waals surface area contributed by atoms with Crippen LogP contribution in [0.25, 0.3) is 11.3 Å². The van der Waals surface area contributed by atoms with Gasteiger partial charge in [-0.1, -0.05) is 42.1 Å². The Morgan fingerprint density at radius 2 is 1.96 bits per heavy atom. The average Bonchev–Trinajstić information content (AvgIpc) is 3.00. The molecular formula is C19H23N3O3S2. The Kier molecular flexibility index (Phi) is 5.86. The molecule has 1 aliphatic rings.